The summed E-state index contributed by atoms with van der Waals surface area (Å²) in [4.78, 5) is 26.4. The molecule has 25 heavy (non-hydrogen) atoms. The number of rotatable bonds is 6. The van der Waals surface area contributed by atoms with Gasteiger partial charge in [-0.05, 0) is 25.5 Å². The number of nitrogens with one attached hydrogen (secondary N) is 4. The molecule has 1 aliphatic rings. The van der Waals surface area contributed by atoms with Crippen molar-refractivity contribution in [1.82, 2.24) is 10.6 Å². The van der Waals surface area contributed by atoms with Crippen LogP contribution in [-0.4, -0.2) is 50.7 Å². The highest BCUT2D eigenvalue weighted by molar-refractivity contribution is 6.30. The van der Waals surface area contributed by atoms with E-state index in [2.05, 4.69) is 22.8 Å². The molecule has 0 spiro atoms. The van der Waals surface area contributed by atoms with Gasteiger partial charge in [-0.1, -0.05) is 30.7 Å². The highest BCUT2D eigenvalue weighted by atomic mass is 35.5. The fourth-order valence-corrected chi connectivity index (χ4v) is 3.09. The van der Waals surface area contributed by atoms with Gasteiger partial charge in [0.2, 0.25) is 0 Å². The summed E-state index contributed by atoms with van der Waals surface area (Å²) in [7, 11) is 0. The quantitative estimate of drug-likeness (QED) is 0.533. The molecule has 0 aromatic heterocycles. The normalized spacial score (nSPS) is 21.4. The van der Waals surface area contributed by atoms with Crippen LogP contribution in [-0.2, 0) is 11.3 Å². The Hall–Kier alpha value is -1.63. The van der Waals surface area contributed by atoms with Gasteiger partial charge in [-0.25, -0.2) is 4.79 Å². The average molecular weight is 369 g/mol. The molecule has 1 aliphatic heterocycles. The first-order valence-corrected chi connectivity index (χ1v) is 9.36. The molecule has 1 aromatic carbocycles. The van der Waals surface area contributed by atoms with Gasteiger partial charge in [0, 0.05) is 16.6 Å². The Morgan fingerprint density at radius 1 is 1.12 bits per heavy atom. The summed E-state index contributed by atoms with van der Waals surface area (Å²) in [5, 5.41) is 5.92. The van der Waals surface area contributed by atoms with Crippen molar-refractivity contribution in [3.63, 3.8) is 0 Å². The molecular weight excluding hydrogens is 340 g/mol. The van der Waals surface area contributed by atoms with Crippen molar-refractivity contribution in [2.24, 2.45) is 0 Å². The zero-order chi connectivity index (χ0) is 18.2. The second kappa shape index (κ2) is 9.75. The van der Waals surface area contributed by atoms with Gasteiger partial charge in [-0.3, -0.25) is 10.1 Å². The van der Waals surface area contributed by atoms with E-state index in [0.29, 0.717) is 6.54 Å². The number of quaternary nitrogens is 2. The number of hydrogen-bond acceptors (Lipinski definition) is 2. The Bertz CT molecular complexity index is 571. The van der Waals surface area contributed by atoms with Gasteiger partial charge in [0.1, 0.15) is 32.7 Å². The third kappa shape index (κ3) is 7.02. The second-order valence-corrected chi connectivity index (χ2v) is 7.25. The third-order valence-electron chi connectivity index (χ3n) is 4.68. The molecule has 0 saturated carbocycles. The van der Waals surface area contributed by atoms with Crippen LogP contribution in [0.2, 0.25) is 5.02 Å². The van der Waals surface area contributed by atoms with Crippen molar-refractivity contribution >= 4 is 23.5 Å². The van der Waals surface area contributed by atoms with Gasteiger partial charge in [-0.15, -0.1) is 0 Å². The van der Waals surface area contributed by atoms with Crippen molar-refractivity contribution in [3.8, 4) is 0 Å². The Kier molecular flexibility index (Phi) is 7.68. The fourth-order valence-electron chi connectivity index (χ4n) is 2.96. The molecule has 0 bridgehead atoms. The van der Waals surface area contributed by atoms with E-state index < -0.39 is 6.03 Å². The maximum absolute atomic E-state index is 12.0. The van der Waals surface area contributed by atoms with Crippen LogP contribution >= 0.6 is 11.6 Å². The van der Waals surface area contributed by atoms with Crippen LogP contribution in [0.4, 0.5) is 4.79 Å². The molecule has 4 N–H and O–H groups in total. The smallest absolute Gasteiger partial charge is 0.321 e. The van der Waals surface area contributed by atoms with Gasteiger partial charge < -0.3 is 15.1 Å². The molecule has 1 heterocycles. The lowest BCUT2D eigenvalue weighted by Gasteiger charge is -2.29. The number of halogens is 1. The van der Waals surface area contributed by atoms with Crippen LogP contribution in [0.3, 0.4) is 0 Å². The van der Waals surface area contributed by atoms with E-state index in [4.69, 9.17) is 11.6 Å². The maximum Gasteiger partial charge on any atom is 0.321 e. The van der Waals surface area contributed by atoms with E-state index in [0.717, 1.165) is 44.2 Å². The van der Waals surface area contributed by atoms with Crippen molar-refractivity contribution < 1.29 is 19.4 Å². The van der Waals surface area contributed by atoms with Crippen LogP contribution in [0.15, 0.2) is 24.3 Å². The summed E-state index contributed by atoms with van der Waals surface area (Å²) < 4.78 is 0. The number of imide groups is 1. The van der Waals surface area contributed by atoms with E-state index in [1.807, 2.05) is 26.0 Å². The number of carbonyl (C=O) groups is 2. The summed E-state index contributed by atoms with van der Waals surface area (Å²) in [6.45, 7) is 9.14. The zero-order valence-electron chi connectivity index (χ0n) is 15.0. The summed E-state index contributed by atoms with van der Waals surface area (Å²) in [5.41, 5.74) is 1.28. The molecule has 1 aromatic rings. The minimum atomic E-state index is -0.397. The molecule has 0 radical (unpaired) electrons. The summed E-state index contributed by atoms with van der Waals surface area (Å²) in [5.74, 6) is -0.211. The predicted molar refractivity (Wildman–Crippen MR) is 97.8 cm³/mol. The Labute approximate surface area is 154 Å². The van der Waals surface area contributed by atoms with E-state index in [9.17, 15) is 9.59 Å². The molecular formula is C18H29ClN4O2+2. The Morgan fingerprint density at radius 2 is 1.72 bits per heavy atom. The molecule has 0 aliphatic carbocycles. The highest BCUT2D eigenvalue weighted by Gasteiger charge is 2.25. The molecule has 6 nitrogen and oxygen atoms in total. The van der Waals surface area contributed by atoms with Crippen molar-refractivity contribution in [1.29, 1.82) is 0 Å². The molecule has 1 fully saturated rings. The van der Waals surface area contributed by atoms with E-state index in [1.54, 1.807) is 0 Å². The third-order valence-corrected chi connectivity index (χ3v) is 4.94. The maximum atomic E-state index is 12.0. The van der Waals surface area contributed by atoms with Crippen LogP contribution in [0.25, 0.3) is 0 Å². The Morgan fingerprint density at radius 3 is 2.32 bits per heavy atom. The number of piperazine rings is 1. The largest absolute Gasteiger partial charge is 0.335 e. The van der Waals surface area contributed by atoms with E-state index >= 15 is 0 Å². The minimum Gasteiger partial charge on any atom is -0.335 e. The first kappa shape index (κ1) is 19.7. The average Bonchev–Trinajstić information content (AvgIpc) is 2.58. The van der Waals surface area contributed by atoms with Crippen molar-refractivity contribution in [2.45, 2.75) is 32.9 Å². The highest BCUT2D eigenvalue weighted by Crippen LogP contribution is 2.08. The number of benzene rings is 1. The zero-order valence-corrected chi connectivity index (χ0v) is 15.8. The topological polar surface area (TPSA) is 67.1 Å². The second-order valence-electron chi connectivity index (χ2n) is 6.81. The molecule has 2 rings (SSSR count). The van der Waals surface area contributed by atoms with Gasteiger partial charge >= 0.3 is 6.03 Å². The standard InChI is InChI=1S/C18H27ClN4O2/c1-3-14(2)20-18(25)21-17(24)13-23-10-8-22(9-11-23)12-15-4-6-16(19)7-5-15/h4-7,14H,3,8-13H2,1-2H3,(H2,20,21,24,25)/p+2/t14-/m1/s1. The van der Waals surface area contributed by atoms with Crippen molar-refractivity contribution in [3.05, 3.63) is 34.9 Å². The molecule has 1 atom stereocenters. The molecule has 138 valence electrons. The number of urea groups is 1. The molecule has 1 saturated heterocycles. The summed E-state index contributed by atoms with van der Waals surface area (Å²) in [6.07, 6.45) is 0.839. The van der Waals surface area contributed by atoms with Gasteiger partial charge in [0.25, 0.3) is 5.91 Å². The van der Waals surface area contributed by atoms with E-state index in [-0.39, 0.29) is 11.9 Å². The first-order chi connectivity index (χ1) is 12.0. The van der Waals surface area contributed by atoms with Crippen molar-refractivity contribution in [2.75, 3.05) is 32.7 Å². The molecule has 7 heteroatoms. The fraction of sp³-hybridized carbons (Fsp3) is 0.556. The molecule has 0 unspecified atom stereocenters. The first-order valence-electron chi connectivity index (χ1n) is 8.98. The lowest BCUT2D eigenvalue weighted by molar-refractivity contribution is -1.02. The molecule has 3 amide bonds. The number of amides is 3. The van der Waals surface area contributed by atoms with Crippen LogP contribution in [0, 0.1) is 0 Å². The van der Waals surface area contributed by atoms with Gasteiger partial charge in [0.05, 0.1) is 0 Å². The van der Waals surface area contributed by atoms with E-state index in [1.165, 1.54) is 15.4 Å². The van der Waals surface area contributed by atoms with Crippen LogP contribution < -0.4 is 20.4 Å². The summed E-state index contributed by atoms with van der Waals surface area (Å²) >= 11 is 5.92. The number of carbonyl (C=O) groups excluding carboxylic acids is 2. The SMILES string of the molecule is CC[C@@H](C)NC(=O)NC(=O)C[NH+]1CC[NH+](Cc2ccc(Cl)cc2)CC1. The minimum absolute atomic E-state index is 0.0696. The lowest BCUT2D eigenvalue weighted by atomic mass is 10.2. The lowest BCUT2D eigenvalue weighted by Crippen LogP contribution is -3.28. The summed E-state index contributed by atoms with van der Waals surface area (Å²) in [6, 6.07) is 7.65. The van der Waals surface area contributed by atoms with Gasteiger partial charge in [0.15, 0.2) is 6.54 Å². The number of hydrogen-bond donors (Lipinski definition) is 4. The monoisotopic (exact) mass is 368 g/mol. The van der Waals surface area contributed by atoms with Crippen LogP contribution in [0.5, 0.6) is 0 Å². The Balaban J connectivity index is 1.68. The predicted octanol–water partition coefficient (Wildman–Crippen LogP) is -0.752. The van der Waals surface area contributed by atoms with Gasteiger partial charge in [-0.2, -0.15) is 0 Å². The van der Waals surface area contributed by atoms with Crippen LogP contribution in [0.1, 0.15) is 25.8 Å².